The zero-order chi connectivity index (χ0) is 26.0. The third-order valence-electron chi connectivity index (χ3n) is 6.96. The maximum absolute atomic E-state index is 12.2. The summed E-state index contributed by atoms with van der Waals surface area (Å²) in [6, 6.07) is 8.44. The molecule has 2 amide bonds. The number of rotatable bonds is 4. The first-order valence-electron chi connectivity index (χ1n) is 12.7. The molecule has 1 saturated carbocycles. The van der Waals surface area contributed by atoms with Crippen molar-refractivity contribution in [1.82, 2.24) is 30.0 Å². The van der Waals surface area contributed by atoms with Crippen LogP contribution >= 0.6 is 11.3 Å². The van der Waals surface area contributed by atoms with Gasteiger partial charge in [-0.1, -0.05) is 19.1 Å². The topological polar surface area (TPSA) is 107 Å². The van der Waals surface area contributed by atoms with Gasteiger partial charge < -0.3 is 15.1 Å². The number of benzene rings is 1. The molecule has 2 fully saturated rings. The fourth-order valence-electron chi connectivity index (χ4n) is 4.95. The first-order valence-corrected chi connectivity index (χ1v) is 13.5. The molecule has 1 aliphatic heterocycles. The summed E-state index contributed by atoms with van der Waals surface area (Å²) < 4.78 is 1.32. The molecule has 1 unspecified atom stereocenters. The van der Waals surface area contributed by atoms with Crippen molar-refractivity contribution >= 4 is 50.0 Å². The fraction of sp³-hybridized carbons (Fsp3) is 0.444. The van der Waals surface area contributed by atoms with Crippen LogP contribution in [0.1, 0.15) is 37.6 Å². The molecule has 0 bridgehead atoms. The second kappa shape index (κ2) is 10.5. The molecule has 1 saturated heterocycles. The number of hydrogen-bond donors (Lipinski definition) is 2. The van der Waals surface area contributed by atoms with Gasteiger partial charge in [-0.15, -0.1) is 11.3 Å². The summed E-state index contributed by atoms with van der Waals surface area (Å²) in [7, 11) is 4.29. The molecule has 9 nitrogen and oxygen atoms in total. The predicted molar refractivity (Wildman–Crippen MR) is 147 cm³/mol. The number of nitrogens with one attached hydrogen (secondary N) is 2. The number of carbonyl (C=O) groups is 2. The van der Waals surface area contributed by atoms with E-state index in [0.29, 0.717) is 35.6 Å². The Morgan fingerprint density at radius 3 is 2.76 bits per heavy atom. The molecule has 1 atom stereocenters. The Labute approximate surface area is 220 Å². The van der Waals surface area contributed by atoms with Crippen LogP contribution in [0.25, 0.3) is 21.1 Å². The number of fused-ring (bicyclic) bond motifs is 2. The van der Waals surface area contributed by atoms with Crippen molar-refractivity contribution in [3.8, 4) is 0 Å². The number of aromatic amines is 1. The number of nitrogens with zero attached hydrogens (tertiary/aromatic N) is 5. The van der Waals surface area contributed by atoms with E-state index in [0.717, 1.165) is 30.3 Å². The summed E-state index contributed by atoms with van der Waals surface area (Å²) in [5, 5.41) is 11.4. The molecule has 4 aromatic rings. The van der Waals surface area contributed by atoms with E-state index >= 15 is 0 Å². The van der Waals surface area contributed by atoms with E-state index < -0.39 is 11.8 Å². The van der Waals surface area contributed by atoms with Crippen LogP contribution in [0.3, 0.4) is 0 Å². The molecule has 0 radical (unpaired) electrons. The summed E-state index contributed by atoms with van der Waals surface area (Å²) in [4.78, 5) is 37.0. The highest BCUT2D eigenvalue weighted by atomic mass is 32.1. The number of thiazole rings is 1. The minimum Gasteiger partial charge on any atom is -0.334 e. The lowest BCUT2D eigenvalue weighted by molar-refractivity contribution is -0.144. The van der Waals surface area contributed by atoms with Gasteiger partial charge in [0.25, 0.3) is 0 Å². The largest absolute Gasteiger partial charge is 0.334 e. The van der Waals surface area contributed by atoms with Gasteiger partial charge in [0.15, 0.2) is 0 Å². The first kappa shape index (κ1) is 25.3. The number of likely N-dealkylation sites (tertiary alicyclic amines) is 1. The summed E-state index contributed by atoms with van der Waals surface area (Å²) in [5.41, 5.74) is 2.66. The molecule has 37 heavy (non-hydrogen) atoms. The van der Waals surface area contributed by atoms with Gasteiger partial charge in [0, 0.05) is 36.6 Å². The summed E-state index contributed by atoms with van der Waals surface area (Å²) in [6.45, 7) is 4.50. The highest BCUT2D eigenvalue weighted by Gasteiger charge is 2.47. The monoisotopic (exact) mass is 519 g/mol. The maximum Gasteiger partial charge on any atom is 0.314 e. The van der Waals surface area contributed by atoms with Gasteiger partial charge in [0.05, 0.1) is 33.8 Å². The first-order chi connectivity index (χ1) is 17.8. The van der Waals surface area contributed by atoms with Crippen molar-refractivity contribution in [3.63, 3.8) is 0 Å². The van der Waals surface area contributed by atoms with Crippen LogP contribution in [0.5, 0.6) is 0 Å². The number of hydrogen-bond acceptors (Lipinski definition) is 7. The smallest absolute Gasteiger partial charge is 0.314 e. The fourth-order valence-corrected chi connectivity index (χ4v) is 6.15. The van der Waals surface area contributed by atoms with Crippen LogP contribution in [-0.2, 0) is 15.0 Å². The summed E-state index contributed by atoms with van der Waals surface area (Å²) in [5.74, 6) is -0.681. The molecule has 10 heteroatoms. The minimum atomic E-state index is -0.631. The lowest BCUT2D eigenvalue weighted by Gasteiger charge is -2.30. The summed E-state index contributed by atoms with van der Waals surface area (Å²) >= 11 is 1.87. The van der Waals surface area contributed by atoms with E-state index in [2.05, 4.69) is 70.7 Å². The van der Waals surface area contributed by atoms with Crippen molar-refractivity contribution in [3.05, 3.63) is 47.9 Å². The average Bonchev–Trinajstić information content (AvgIpc) is 3.29. The third kappa shape index (κ3) is 5.65. The van der Waals surface area contributed by atoms with Crippen LogP contribution in [-0.4, -0.2) is 75.5 Å². The highest BCUT2D eigenvalue weighted by Crippen LogP contribution is 2.50. The van der Waals surface area contributed by atoms with Gasteiger partial charge in [-0.3, -0.25) is 19.7 Å². The third-order valence-corrected chi connectivity index (χ3v) is 8.24. The molecule has 6 rings (SSSR count). The van der Waals surface area contributed by atoms with Crippen LogP contribution in [0.15, 0.2) is 42.9 Å². The van der Waals surface area contributed by atoms with E-state index in [1.54, 1.807) is 17.3 Å². The second-order valence-corrected chi connectivity index (χ2v) is 11.5. The number of anilines is 1. The van der Waals surface area contributed by atoms with E-state index in [4.69, 9.17) is 4.98 Å². The molecule has 1 aromatic carbocycles. The molecular weight excluding hydrogens is 486 g/mol. The number of para-hydroxylation sites is 1. The standard InChI is InChI=1S/C14H17N5O2.C13H16N2S/c1-9-3-2-4-19(8-9)14(21)13(20)17-11-7-15-5-10-6-16-18-12(10)11;1-15(2)9-13(7-8-13)12-14-10-5-3-4-6-11(10)16-12/h5-7,9H,2-4,8H2,1H3,(H,16,18)(H,17,20);3-6H,7-9H2,1-2H3. The van der Waals surface area contributed by atoms with Gasteiger partial charge in [0.1, 0.15) is 5.01 Å². The van der Waals surface area contributed by atoms with Gasteiger partial charge in [-0.25, -0.2) is 4.98 Å². The predicted octanol–water partition coefficient (Wildman–Crippen LogP) is 4.04. The zero-order valence-corrected chi connectivity index (χ0v) is 22.3. The molecule has 194 valence electrons. The molecule has 0 spiro atoms. The Kier molecular flexibility index (Phi) is 7.21. The molecule has 1 aliphatic carbocycles. The van der Waals surface area contributed by atoms with E-state index in [1.165, 1.54) is 28.7 Å². The van der Waals surface area contributed by atoms with E-state index in [9.17, 15) is 9.59 Å². The maximum atomic E-state index is 12.2. The Balaban J connectivity index is 0.000000157. The van der Waals surface area contributed by atoms with Crippen molar-refractivity contribution in [2.45, 2.75) is 38.0 Å². The van der Waals surface area contributed by atoms with Crippen LogP contribution in [0.2, 0.25) is 0 Å². The molecular formula is C27H33N7O2S. The minimum absolute atomic E-state index is 0.368. The number of H-pyrrole nitrogens is 1. The number of amides is 2. The number of pyridine rings is 1. The second-order valence-electron chi connectivity index (χ2n) is 10.5. The highest BCUT2D eigenvalue weighted by molar-refractivity contribution is 7.18. The van der Waals surface area contributed by atoms with Crippen LogP contribution in [0, 0.1) is 5.92 Å². The average molecular weight is 520 g/mol. The lowest BCUT2D eigenvalue weighted by Crippen LogP contribution is -2.44. The van der Waals surface area contributed by atoms with Crippen molar-refractivity contribution in [1.29, 1.82) is 0 Å². The van der Waals surface area contributed by atoms with Crippen molar-refractivity contribution in [2.24, 2.45) is 5.92 Å². The van der Waals surface area contributed by atoms with E-state index in [-0.39, 0.29) is 0 Å². The number of carbonyl (C=O) groups excluding carboxylic acids is 2. The number of piperidine rings is 1. The zero-order valence-electron chi connectivity index (χ0n) is 21.5. The summed E-state index contributed by atoms with van der Waals surface area (Å²) in [6.07, 6.45) is 9.40. The van der Waals surface area contributed by atoms with Gasteiger partial charge in [0.2, 0.25) is 0 Å². The van der Waals surface area contributed by atoms with Crippen LogP contribution < -0.4 is 5.32 Å². The molecule has 2 N–H and O–H groups in total. The Morgan fingerprint density at radius 2 is 2.03 bits per heavy atom. The molecule has 4 heterocycles. The Bertz CT molecular complexity index is 1380. The SMILES string of the molecule is CC1CCCN(C(=O)C(=O)Nc2cncc3cn[nH]c23)C1.CN(C)CC1(c2nc3ccccc3s2)CC1. The van der Waals surface area contributed by atoms with Gasteiger partial charge >= 0.3 is 11.8 Å². The molecule has 2 aliphatic rings. The van der Waals surface area contributed by atoms with Crippen molar-refractivity contribution in [2.75, 3.05) is 39.0 Å². The number of likely N-dealkylation sites (N-methyl/N-ethyl adjacent to an activating group) is 1. The van der Waals surface area contributed by atoms with Gasteiger partial charge in [-0.2, -0.15) is 5.10 Å². The quantitative estimate of drug-likeness (QED) is 0.394. The Morgan fingerprint density at radius 1 is 1.22 bits per heavy atom. The van der Waals surface area contributed by atoms with Crippen LogP contribution in [0.4, 0.5) is 5.69 Å². The van der Waals surface area contributed by atoms with E-state index in [1.807, 2.05) is 11.3 Å². The van der Waals surface area contributed by atoms with Crippen molar-refractivity contribution < 1.29 is 9.59 Å². The molecule has 3 aromatic heterocycles. The van der Waals surface area contributed by atoms with Gasteiger partial charge in [-0.05, 0) is 57.8 Å². The normalized spacial score (nSPS) is 18.5. The lowest BCUT2D eigenvalue weighted by atomic mass is 10.0. The Hall–Kier alpha value is -3.37. The number of aromatic nitrogens is 4.